The molecule has 2 heterocycles. The molecule has 0 aliphatic heterocycles. The van der Waals surface area contributed by atoms with E-state index in [1.165, 1.54) is 6.33 Å². The van der Waals surface area contributed by atoms with Crippen molar-refractivity contribution in [1.29, 1.82) is 0 Å². The van der Waals surface area contributed by atoms with Gasteiger partial charge in [-0.2, -0.15) is 0 Å². The highest BCUT2D eigenvalue weighted by molar-refractivity contribution is 6.30. The standard InChI is InChI=1S/C15H14ClN5/c1-10(2)13-14(17-9-18-15(13)16)12-8-19-20-21(12)11-6-4-3-5-7-11/h3-10H,1-2H3. The molecule has 3 aromatic rings. The summed E-state index contributed by atoms with van der Waals surface area (Å²) in [6.07, 6.45) is 3.16. The predicted molar refractivity (Wildman–Crippen MR) is 81.5 cm³/mol. The van der Waals surface area contributed by atoms with Crippen LogP contribution in [0.2, 0.25) is 5.15 Å². The van der Waals surface area contributed by atoms with E-state index in [0.29, 0.717) is 5.15 Å². The molecule has 106 valence electrons. The molecule has 0 bridgehead atoms. The molecule has 0 radical (unpaired) electrons. The van der Waals surface area contributed by atoms with Crippen LogP contribution < -0.4 is 0 Å². The van der Waals surface area contributed by atoms with Gasteiger partial charge in [-0.25, -0.2) is 14.6 Å². The van der Waals surface area contributed by atoms with Crippen LogP contribution in [0.4, 0.5) is 0 Å². The first-order valence-electron chi connectivity index (χ1n) is 6.65. The van der Waals surface area contributed by atoms with Crippen molar-refractivity contribution in [1.82, 2.24) is 25.0 Å². The molecule has 0 atom stereocenters. The van der Waals surface area contributed by atoms with Gasteiger partial charge >= 0.3 is 0 Å². The largest absolute Gasteiger partial charge is 0.234 e. The Morgan fingerprint density at radius 1 is 1.10 bits per heavy atom. The number of hydrogen-bond donors (Lipinski definition) is 0. The maximum atomic E-state index is 6.24. The van der Waals surface area contributed by atoms with Gasteiger partial charge in [0.05, 0.1) is 17.6 Å². The quantitative estimate of drug-likeness (QED) is 0.695. The minimum Gasteiger partial charge on any atom is -0.234 e. The van der Waals surface area contributed by atoms with Crippen molar-refractivity contribution in [2.45, 2.75) is 19.8 Å². The fraction of sp³-hybridized carbons (Fsp3) is 0.200. The molecule has 6 heteroatoms. The maximum Gasteiger partial charge on any atom is 0.136 e. The predicted octanol–water partition coefficient (Wildman–Crippen LogP) is 3.50. The summed E-state index contributed by atoms with van der Waals surface area (Å²) in [4.78, 5) is 8.47. The van der Waals surface area contributed by atoms with E-state index in [0.717, 1.165) is 22.6 Å². The monoisotopic (exact) mass is 299 g/mol. The summed E-state index contributed by atoms with van der Waals surface area (Å²) in [6, 6.07) is 9.81. The van der Waals surface area contributed by atoms with E-state index < -0.39 is 0 Å². The summed E-state index contributed by atoms with van der Waals surface area (Å²) in [6.45, 7) is 4.12. The number of aromatic nitrogens is 5. The van der Waals surface area contributed by atoms with Crippen LogP contribution in [-0.4, -0.2) is 25.0 Å². The highest BCUT2D eigenvalue weighted by Gasteiger charge is 2.19. The lowest BCUT2D eigenvalue weighted by Crippen LogP contribution is -2.04. The van der Waals surface area contributed by atoms with E-state index in [1.807, 2.05) is 30.3 Å². The molecule has 5 nitrogen and oxygen atoms in total. The molecule has 0 fully saturated rings. The first kappa shape index (κ1) is 13.7. The Morgan fingerprint density at radius 2 is 1.86 bits per heavy atom. The van der Waals surface area contributed by atoms with Crippen molar-refractivity contribution in [3.05, 3.63) is 53.6 Å². The van der Waals surface area contributed by atoms with Gasteiger partial charge in [0.25, 0.3) is 0 Å². The van der Waals surface area contributed by atoms with E-state index in [9.17, 15) is 0 Å². The Balaban J connectivity index is 2.20. The van der Waals surface area contributed by atoms with E-state index in [1.54, 1.807) is 10.9 Å². The van der Waals surface area contributed by atoms with Gasteiger partial charge < -0.3 is 0 Å². The summed E-state index contributed by atoms with van der Waals surface area (Å²) in [5, 5.41) is 8.64. The van der Waals surface area contributed by atoms with Crippen LogP contribution in [0.5, 0.6) is 0 Å². The van der Waals surface area contributed by atoms with E-state index in [2.05, 4.69) is 34.1 Å². The molecule has 1 aromatic carbocycles. The molecule has 0 aliphatic carbocycles. The Hall–Kier alpha value is -2.27. The molecule has 0 unspecified atom stereocenters. The number of hydrogen-bond acceptors (Lipinski definition) is 4. The summed E-state index contributed by atoms with van der Waals surface area (Å²) >= 11 is 6.24. The fourth-order valence-corrected chi connectivity index (χ4v) is 2.60. The zero-order valence-corrected chi connectivity index (χ0v) is 12.5. The molecular formula is C15H14ClN5. The smallest absolute Gasteiger partial charge is 0.136 e. The lowest BCUT2D eigenvalue weighted by Gasteiger charge is -2.13. The Labute approximate surface area is 127 Å². The lowest BCUT2D eigenvalue weighted by molar-refractivity contribution is 0.798. The van der Waals surface area contributed by atoms with Crippen molar-refractivity contribution in [3.8, 4) is 17.1 Å². The van der Waals surface area contributed by atoms with Crippen LogP contribution in [0, 0.1) is 0 Å². The summed E-state index contributed by atoms with van der Waals surface area (Å²) in [5.74, 6) is 0.202. The van der Waals surface area contributed by atoms with Crippen LogP contribution in [-0.2, 0) is 0 Å². The second-order valence-electron chi connectivity index (χ2n) is 4.95. The van der Waals surface area contributed by atoms with Gasteiger partial charge in [0, 0.05) is 5.56 Å². The zero-order chi connectivity index (χ0) is 14.8. The minimum absolute atomic E-state index is 0.202. The Kier molecular flexibility index (Phi) is 3.66. The average molecular weight is 300 g/mol. The summed E-state index contributed by atoms with van der Waals surface area (Å²) in [5.41, 5.74) is 3.39. The third-order valence-corrected chi connectivity index (χ3v) is 3.51. The van der Waals surface area contributed by atoms with Crippen LogP contribution in [0.3, 0.4) is 0 Å². The summed E-state index contributed by atoms with van der Waals surface area (Å²) < 4.78 is 1.75. The van der Waals surface area contributed by atoms with Gasteiger partial charge in [-0.3, -0.25) is 0 Å². The second kappa shape index (κ2) is 5.61. The van der Waals surface area contributed by atoms with Crippen molar-refractivity contribution < 1.29 is 0 Å². The van der Waals surface area contributed by atoms with Crippen molar-refractivity contribution in [2.24, 2.45) is 0 Å². The number of rotatable bonds is 3. The van der Waals surface area contributed by atoms with Crippen LogP contribution in [0.15, 0.2) is 42.9 Å². The molecular weight excluding hydrogens is 286 g/mol. The molecule has 0 amide bonds. The molecule has 0 saturated carbocycles. The molecule has 0 N–H and O–H groups in total. The molecule has 3 rings (SSSR count). The highest BCUT2D eigenvalue weighted by Crippen LogP contribution is 2.31. The third-order valence-electron chi connectivity index (χ3n) is 3.21. The van der Waals surface area contributed by atoms with Gasteiger partial charge in [-0.15, -0.1) is 5.10 Å². The van der Waals surface area contributed by atoms with E-state index in [4.69, 9.17) is 11.6 Å². The third kappa shape index (κ3) is 2.52. The molecule has 0 saturated heterocycles. The molecule has 2 aromatic heterocycles. The maximum absolute atomic E-state index is 6.24. The van der Waals surface area contributed by atoms with Crippen molar-refractivity contribution >= 4 is 11.6 Å². The number of para-hydroxylation sites is 1. The Morgan fingerprint density at radius 3 is 2.57 bits per heavy atom. The van der Waals surface area contributed by atoms with Crippen molar-refractivity contribution in [2.75, 3.05) is 0 Å². The normalized spacial score (nSPS) is 11.0. The topological polar surface area (TPSA) is 56.5 Å². The van der Waals surface area contributed by atoms with E-state index in [-0.39, 0.29) is 5.92 Å². The van der Waals surface area contributed by atoms with Gasteiger partial charge in [0.1, 0.15) is 17.2 Å². The highest BCUT2D eigenvalue weighted by atomic mass is 35.5. The van der Waals surface area contributed by atoms with Crippen LogP contribution >= 0.6 is 11.6 Å². The second-order valence-corrected chi connectivity index (χ2v) is 5.31. The molecule has 21 heavy (non-hydrogen) atoms. The van der Waals surface area contributed by atoms with Gasteiger partial charge in [0.15, 0.2) is 0 Å². The Bertz CT molecular complexity index is 752. The number of nitrogens with zero attached hydrogens (tertiary/aromatic N) is 5. The number of benzene rings is 1. The summed E-state index contributed by atoms with van der Waals surface area (Å²) in [7, 11) is 0. The molecule has 0 aliphatic rings. The van der Waals surface area contributed by atoms with Gasteiger partial charge in [0.2, 0.25) is 0 Å². The van der Waals surface area contributed by atoms with Crippen LogP contribution in [0.1, 0.15) is 25.3 Å². The lowest BCUT2D eigenvalue weighted by atomic mass is 10.0. The first-order valence-corrected chi connectivity index (χ1v) is 7.03. The van der Waals surface area contributed by atoms with E-state index >= 15 is 0 Å². The fourth-order valence-electron chi connectivity index (χ4n) is 2.25. The minimum atomic E-state index is 0.202. The average Bonchev–Trinajstić information content (AvgIpc) is 2.96. The molecule has 0 spiro atoms. The zero-order valence-electron chi connectivity index (χ0n) is 11.7. The first-order chi connectivity index (χ1) is 10.2. The van der Waals surface area contributed by atoms with Crippen LogP contribution in [0.25, 0.3) is 17.1 Å². The van der Waals surface area contributed by atoms with Gasteiger partial charge in [-0.1, -0.05) is 48.9 Å². The SMILES string of the molecule is CC(C)c1c(Cl)ncnc1-c1cnnn1-c1ccccc1. The van der Waals surface area contributed by atoms with Gasteiger partial charge in [-0.05, 0) is 18.1 Å². The number of halogens is 1. The van der Waals surface area contributed by atoms with Crippen molar-refractivity contribution in [3.63, 3.8) is 0 Å².